The minimum atomic E-state index is -0.394. The van der Waals surface area contributed by atoms with Gasteiger partial charge in [0.2, 0.25) is 0 Å². The van der Waals surface area contributed by atoms with Crippen LogP contribution < -0.4 is 10.8 Å². The van der Waals surface area contributed by atoms with E-state index >= 15 is 0 Å². The van der Waals surface area contributed by atoms with Gasteiger partial charge in [-0.3, -0.25) is 15.1 Å². The number of aliphatic imine (C=N–C) groups is 1. The van der Waals surface area contributed by atoms with E-state index in [4.69, 9.17) is 4.74 Å². The van der Waals surface area contributed by atoms with Gasteiger partial charge < -0.3 is 9.30 Å². The van der Waals surface area contributed by atoms with Crippen molar-refractivity contribution in [2.75, 3.05) is 7.11 Å². The molecule has 1 aliphatic heterocycles. The van der Waals surface area contributed by atoms with Crippen LogP contribution in [0, 0.1) is 10.1 Å². The van der Waals surface area contributed by atoms with Gasteiger partial charge in [-0.2, -0.15) is 0 Å². The summed E-state index contributed by atoms with van der Waals surface area (Å²) in [5, 5.41) is 11.5. The van der Waals surface area contributed by atoms with Crippen LogP contribution in [0.2, 0.25) is 0 Å². The predicted octanol–water partition coefficient (Wildman–Crippen LogP) is 2.86. The Kier molecular flexibility index (Phi) is 7.53. The Morgan fingerprint density at radius 2 is 2.17 bits per heavy atom. The van der Waals surface area contributed by atoms with Crippen molar-refractivity contribution in [1.29, 1.82) is 0 Å². The molecular weight excluding hydrogens is 402 g/mol. The fourth-order valence-electron chi connectivity index (χ4n) is 2.98. The number of rotatable bonds is 9. The number of thioether (sulfide) groups is 1. The molecule has 30 heavy (non-hydrogen) atoms. The molecule has 0 saturated heterocycles. The quantitative estimate of drug-likeness (QED) is 0.348. The Labute approximate surface area is 179 Å². The van der Waals surface area contributed by atoms with E-state index < -0.39 is 4.92 Å². The maximum atomic E-state index is 10.8. The lowest BCUT2D eigenvalue weighted by molar-refractivity contribution is -0.384. The Morgan fingerprint density at radius 1 is 1.40 bits per heavy atom. The van der Waals surface area contributed by atoms with Gasteiger partial charge in [0.05, 0.1) is 17.4 Å². The molecule has 0 saturated carbocycles. The fourth-order valence-corrected chi connectivity index (χ4v) is 3.91. The van der Waals surface area contributed by atoms with E-state index in [9.17, 15) is 10.1 Å². The van der Waals surface area contributed by atoms with Crippen LogP contribution >= 0.6 is 11.8 Å². The first-order valence-corrected chi connectivity index (χ1v) is 10.7. The zero-order chi connectivity index (χ0) is 21.5. The highest BCUT2D eigenvalue weighted by Gasteiger charge is 2.11. The molecule has 2 atom stereocenters. The van der Waals surface area contributed by atoms with E-state index in [1.54, 1.807) is 37.3 Å². The SMILES string of the molecule is CC/C(=C\C(C)OC)Cn1cnc2c1=NC=NC(SCc1ccc([N+](=O)[O-])cc1)C=2. The summed E-state index contributed by atoms with van der Waals surface area (Å²) in [5.74, 6) is 0.685. The van der Waals surface area contributed by atoms with Gasteiger partial charge in [-0.1, -0.05) is 30.7 Å². The first-order valence-electron chi connectivity index (χ1n) is 9.70. The number of allylic oxidation sites excluding steroid dienone is 1. The molecule has 1 aromatic carbocycles. The monoisotopic (exact) mass is 427 g/mol. The lowest BCUT2D eigenvalue weighted by atomic mass is 10.1. The average Bonchev–Trinajstić information content (AvgIpc) is 2.99. The van der Waals surface area contributed by atoms with Gasteiger partial charge in [0.15, 0.2) is 5.49 Å². The van der Waals surface area contributed by atoms with Crippen LogP contribution in [0.3, 0.4) is 0 Å². The van der Waals surface area contributed by atoms with E-state index in [-0.39, 0.29) is 17.2 Å². The summed E-state index contributed by atoms with van der Waals surface area (Å²) < 4.78 is 7.37. The number of benzene rings is 1. The molecule has 0 aliphatic carbocycles. The van der Waals surface area contributed by atoms with Crippen LogP contribution in [-0.2, 0) is 17.0 Å². The number of fused-ring (bicyclic) bond motifs is 1. The van der Waals surface area contributed by atoms with Crippen LogP contribution in [0.4, 0.5) is 5.69 Å². The third-order valence-corrected chi connectivity index (χ3v) is 5.87. The Hall–Kier alpha value is -2.78. The van der Waals surface area contributed by atoms with E-state index in [0.717, 1.165) is 22.8 Å². The highest BCUT2D eigenvalue weighted by Crippen LogP contribution is 2.22. The fraction of sp³-hybridized carbons (Fsp3) is 0.381. The van der Waals surface area contributed by atoms with Crippen molar-refractivity contribution in [3.8, 4) is 0 Å². The summed E-state index contributed by atoms with van der Waals surface area (Å²) in [7, 11) is 1.70. The van der Waals surface area contributed by atoms with Gasteiger partial charge in [-0.25, -0.2) is 9.98 Å². The van der Waals surface area contributed by atoms with Crippen molar-refractivity contribution < 1.29 is 9.66 Å². The smallest absolute Gasteiger partial charge is 0.269 e. The number of nitrogens with zero attached hydrogens (tertiary/aromatic N) is 5. The molecule has 0 fully saturated rings. The highest BCUT2D eigenvalue weighted by molar-refractivity contribution is 7.99. The largest absolute Gasteiger partial charge is 0.378 e. The normalized spacial score (nSPS) is 16.9. The first kappa shape index (κ1) is 21.9. The molecule has 2 aromatic rings. The molecule has 3 rings (SSSR count). The second kappa shape index (κ2) is 10.3. The molecular formula is C21H25N5O3S. The third kappa shape index (κ3) is 5.64. The van der Waals surface area contributed by atoms with Crippen molar-refractivity contribution in [3.05, 3.63) is 68.8 Å². The van der Waals surface area contributed by atoms with Crippen molar-refractivity contribution in [2.45, 2.75) is 44.0 Å². The lowest BCUT2D eigenvalue weighted by Crippen LogP contribution is -2.31. The van der Waals surface area contributed by atoms with Crippen LogP contribution in [0.25, 0.3) is 6.08 Å². The zero-order valence-corrected chi connectivity index (χ0v) is 18.1. The number of hydrogen-bond acceptors (Lipinski definition) is 7. The Morgan fingerprint density at radius 3 is 2.83 bits per heavy atom. The van der Waals surface area contributed by atoms with Crippen LogP contribution in [0.1, 0.15) is 25.8 Å². The molecule has 1 aromatic heterocycles. The highest BCUT2D eigenvalue weighted by atomic mass is 32.2. The van der Waals surface area contributed by atoms with Gasteiger partial charge in [0.25, 0.3) is 5.69 Å². The van der Waals surface area contributed by atoms with Crippen molar-refractivity contribution in [3.63, 3.8) is 0 Å². The minimum Gasteiger partial charge on any atom is -0.378 e. The number of nitro benzene ring substituents is 1. The number of aromatic nitrogens is 2. The summed E-state index contributed by atoms with van der Waals surface area (Å²) >= 11 is 1.62. The van der Waals surface area contributed by atoms with Crippen molar-refractivity contribution in [1.82, 2.24) is 9.55 Å². The molecule has 2 unspecified atom stereocenters. The molecule has 0 spiro atoms. The summed E-state index contributed by atoms with van der Waals surface area (Å²) in [6.07, 6.45) is 8.51. The van der Waals surface area contributed by atoms with Gasteiger partial charge in [-0.05, 0) is 25.0 Å². The predicted molar refractivity (Wildman–Crippen MR) is 119 cm³/mol. The Bertz CT molecular complexity index is 1060. The summed E-state index contributed by atoms with van der Waals surface area (Å²) in [5.41, 5.74) is 3.15. The molecule has 8 nitrogen and oxygen atoms in total. The Balaban J connectivity index is 1.72. The second-order valence-electron chi connectivity index (χ2n) is 6.89. The summed E-state index contributed by atoms with van der Waals surface area (Å²) in [4.78, 5) is 23.9. The second-order valence-corrected chi connectivity index (χ2v) is 7.99. The number of nitro groups is 1. The number of non-ortho nitro benzene ring substituents is 1. The van der Waals surface area contributed by atoms with E-state index in [1.165, 1.54) is 17.7 Å². The van der Waals surface area contributed by atoms with Gasteiger partial charge >= 0.3 is 0 Å². The van der Waals surface area contributed by atoms with E-state index in [1.807, 2.05) is 23.9 Å². The topological polar surface area (TPSA) is 94.9 Å². The molecule has 0 bridgehead atoms. The van der Waals surface area contributed by atoms with Crippen LogP contribution in [-0.4, -0.2) is 39.4 Å². The summed E-state index contributed by atoms with van der Waals surface area (Å²) in [6.45, 7) is 4.85. The van der Waals surface area contributed by atoms with Gasteiger partial charge in [0, 0.05) is 31.5 Å². The number of hydrogen-bond donors (Lipinski definition) is 0. The molecule has 1 aliphatic rings. The molecule has 0 radical (unpaired) electrons. The van der Waals surface area contributed by atoms with E-state index in [2.05, 4.69) is 28.0 Å². The van der Waals surface area contributed by atoms with Gasteiger partial charge in [0.1, 0.15) is 17.1 Å². The van der Waals surface area contributed by atoms with E-state index in [0.29, 0.717) is 12.3 Å². The number of methoxy groups -OCH3 is 1. The average molecular weight is 428 g/mol. The van der Waals surface area contributed by atoms with Crippen LogP contribution in [0.5, 0.6) is 0 Å². The van der Waals surface area contributed by atoms with Crippen molar-refractivity contribution >= 4 is 29.9 Å². The molecule has 0 amide bonds. The summed E-state index contributed by atoms with van der Waals surface area (Å²) in [6, 6.07) is 6.59. The number of ether oxygens (including phenoxy) is 1. The molecule has 9 heteroatoms. The maximum Gasteiger partial charge on any atom is 0.269 e. The van der Waals surface area contributed by atoms with Crippen molar-refractivity contribution in [2.24, 2.45) is 9.98 Å². The lowest BCUT2D eigenvalue weighted by Gasteiger charge is -2.09. The minimum absolute atomic E-state index is 0.0624. The van der Waals surface area contributed by atoms with Gasteiger partial charge in [-0.15, -0.1) is 11.8 Å². The number of imidazole rings is 1. The standard InChI is InChI=1S/C21H25N5O3S/c1-4-16(9-15(2)29-3)11-25-14-24-19-10-20(22-13-23-21(19)25)30-12-17-5-7-18(8-6-17)26(27)28/h5-10,13-15,20H,4,11-12H2,1-3H3/b16-9+. The third-order valence-electron chi connectivity index (χ3n) is 4.77. The zero-order valence-electron chi connectivity index (χ0n) is 17.3. The first-order chi connectivity index (χ1) is 14.5. The maximum absolute atomic E-state index is 10.8. The molecule has 2 heterocycles. The molecule has 158 valence electrons. The van der Waals surface area contributed by atoms with Crippen LogP contribution in [0.15, 0.2) is 52.2 Å². The molecule has 0 N–H and O–H groups in total.